The zero-order valence-electron chi connectivity index (χ0n) is 15.4. The van der Waals surface area contributed by atoms with Crippen LogP contribution in [0.1, 0.15) is 104 Å². The van der Waals surface area contributed by atoms with E-state index < -0.39 is 7.82 Å². The SMILES string of the molecule is CCCCCCCCCOP(=O)(O)OCCCCCCCCC. The molecule has 0 unspecified atom stereocenters. The van der Waals surface area contributed by atoms with Crippen LogP contribution in [-0.2, 0) is 13.6 Å². The van der Waals surface area contributed by atoms with E-state index in [1.54, 1.807) is 0 Å². The zero-order valence-corrected chi connectivity index (χ0v) is 16.3. The van der Waals surface area contributed by atoms with Gasteiger partial charge in [0.2, 0.25) is 0 Å². The minimum Gasteiger partial charge on any atom is -0.302 e. The lowest BCUT2D eigenvalue weighted by Crippen LogP contribution is -1.99. The number of hydrogen-bond acceptors (Lipinski definition) is 3. The smallest absolute Gasteiger partial charge is 0.302 e. The van der Waals surface area contributed by atoms with Crippen molar-refractivity contribution >= 4 is 7.82 Å². The van der Waals surface area contributed by atoms with Crippen LogP contribution in [0.15, 0.2) is 0 Å². The Morgan fingerprint density at radius 1 is 0.609 bits per heavy atom. The third-order valence-corrected chi connectivity index (χ3v) is 5.02. The number of rotatable bonds is 18. The monoisotopic (exact) mass is 350 g/mol. The first-order chi connectivity index (χ1) is 11.1. The minimum atomic E-state index is -3.82. The molecule has 0 fully saturated rings. The van der Waals surface area contributed by atoms with Crippen molar-refractivity contribution in [1.82, 2.24) is 0 Å². The molecule has 23 heavy (non-hydrogen) atoms. The Hall–Kier alpha value is 0.110. The lowest BCUT2D eigenvalue weighted by molar-refractivity contribution is 0.145. The highest BCUT2D eigenvalue weighted by Gasteiger charge is 2.19. The van der Waals surface area contributed by atoms with E-state index in [1.807, 2.05) is 0 Å². The molecule has 0 amide bonds. The predicted molar refractivity (Wildman–Crippen MR) is 97.7 cm³/mol. The molecule has 0 aliphatic rings. The summed E-state index contributed by atoms with van der Waals surface area (Å²) < 4.78 is 21.7. The lowest BCUT2D eigenvalue weighted by atomic mass is 10.1. The van der Waals surface area contributed by atoms with Crippen molar-refractivity contribution < 1.29 is 18.5 Å². The molecule has 0 atom stereocenters. The summed E-state index contributed by atoms with van der Waals surface area (Å²) in [6.45, 7) is 5.05. The molecule has 5 heteroatoms. The first-order valence-electron chi connectivity index (χ1n) is 9.74. The second-order valence-electron chi connectivity index (χ2n) is 6.38. The second kappa shape index (κ2) is 17.0. The number of hydrogen-bond donors (Lipinski definition) is 1. The predicted octanol–water partition coefficient (Wildman–Crippen LogP) is 6.62. The lowest BCUT2D eigenvalue weighted by Gasteiger charge is -2.12. The zero-order chi connectivity index (χ0) is 17.2. The van der Waals surface area contributed by atoms with Gasteiger partial charge < -0.3 is 4.89 Å². The topological polar surface area (TPSA) is 55.8 Å². The molecule has 0 saturated carbocycles. The van der Waals surface area contributed by atoms with Crippen LogP contribution in [-0.4, -0.2) is 18.1 Å². The number of unbranched alkanes of at least 4 members (excludes halogenated alkanes) is 12. The number of phosphoric acid groups is 1. The van der Waals surface area contributed by atoms with Gasteiger partial charge in [0.15, 0.2) is 0 Å². The molecule has 0 aromatic rings. The maximum atomic E-state index is 11.7. The van der Waals surface area contributed by atoms with Gasteiger partial charge in [-0.25, -0.2) is 4.57 Å². The van der Waals surface area contributed by atoms with Gasteiger partial charge in [-0.2, -0.15) is 0 Å². The van der Waals surface area contributed by atoms with Crippen LogP contribution in [0.2, 0.25) is 0 Å². The fraction of sp³-hybridized carbons (Fsp3) is 1.00. The summed E-state index contributed by atoms with van der Waals surface area (Å²) in [5.74, 6) is 0. The quantitative estimate of drug-likeness (QED) is 0.223. The van der Waals surface area contributed by atoms with E-state index in [9.17, 15) is 9.46 Å². The summed E-state index contributed by atoms with van der Waals surface area (Å²) >= 11 is 0. The van der Waals surface area contributed by atoms with Crippen LogP contribution in [0.25, 0.3) is 0 Å². The maximum Gasteiger partial charge on any atom is 0.472 e. The van der Waals surface area contributed by atoms with Crippen LogP contribution in [0.5, 0.6) is 0 Å². The Labute approximate surface area is 144 Å². The Balaban J connectivity index is 3.35. The first kappa shape index (κ1) is 23.1. The standard InChI is InChI=1S/C18H39O4P/c1-3-5-7-9-11-13-15-17-21-23(19,20)22-18-16-14-12-10-8-6-4-2/h3-18H2,1-2H3,(H,19,20). The Morgan fingerprint density at radius 2 is 0.913 bits per heavy atom. The van der Waals surface area contributed by atoms with E-state index >= 15 is 0 Å². The van der Waals surface area contributed by atoms with Crippen molar-refractivity contribution in [3.05, 3.63) is 0 Å². The molecule has 1 N–H and O–H groups in total. The number of phosphoric ester groups is 1. The molecule has 0 aromatic carbocycles. The molecule has 0 rings (SSSR count). The molecule has 0 heterocycles. The molecule has 0 radical (unpaired) electrons. The largest absolute Gasteiger partial charge is 0.472 e. The molecule has 4 nitrogen and oxygen atoms in total. The minimum absolute atomic E-state index is 0.318. The molecule has 0 saturated heterocycles. The Kier molecular flexibility index (Phi) is 17.0. The molecule has 0 aliphatic carbocycles. The first-order valence-corrected chi connectivity index (χ1v) is 11.2. The van der Waals surface area contributed by atoms with Crippen molar-refractivity contribution in [3.8, 4) is 0 Å². The summed E-state index contributed by atoms with van der Waals surface area (Å²) in [5, 5.41) is 0. The third kappa shape index (κ3) is 18.3. The van der Waals surface area contributed by atoms with Crippen molar-refractivity contribution in [3.63, 3.8) is 0 Å². The van der Waals surface area contributed by atoms with Crippen LogP contribution in [0, 0.1) is 0 Å². The Bertz CT molecular complexity index is 260. The van der Waals surface area contributed by atoms with Gasteiger partial charge in [0, 0.05) is 0 Å². The maximum absolute atomic E-state index is 11.7. The van der Waals surface area contributed by atoms with Gasteiger partial charge in [-0.05, 0) is 12.8 Å². The summed E-state index contributed by atoms with van der Waals surface area (Å²) in [6.07, 6.45) is 16.3. The van der Waals surface area contributed by atoms with Gasteiger partial charge >= 0.3 is 7.82 Å². The fourth-order valence-corrected chi connectivity index (χ4v) is 3.31. The van der Waals surface area contributed by atoms with Gasteiger partial charge in [-0.1, -0.05) is 90.9 Å². The molecule has 0 bridgehead atoms. The van der Waals surface area contributed by atoms with Gasteiger partial charge in [-0.3, -0.25) is 9.05 Å². The van der Waals surface area contributed by atoms with Crippen LogP contribution in [0.3, 0.4) is 0 Å². The van der Waals surface area contributed by atoms with Crippen LogP contribution >= 0.6 is 7.82 Å². The van der Waals surface area contributed by atoms with Gasteiger partial charge in [0.25, 0.3) is 0 Å². The molecular weight excluding hydrogens is 311 g/mol. The van der Waals surface area contributed by atoms with Gasteiger partial charge in [0.05, 0.1) is 13.2 Å². The molecule has 140 valence electrons. The molecule has 0 spiro atoms. The average molecular weight is 350 g/mol. The summed E-state index contributed by atoms with van der Waals surface area (Å²) in [5.41, 5.74) is 0. The highest BCUT2D eigenvalue weighted by Crippen LogP contribution is 2.43. The van der Waals surface area contributed by atoms with E-state index in [1.165, 1.54) is 64.2 Å². The third-order valence-electron chi connectivity index (χ3n) is 4.00. The van der Waals surface area contributed by atoms with Crippen molar-refractivity contribution in [2.45, 2.75) is 104 Å². The molecule has 0 aromatic heterocycles. The van der Waals surface area contributed by atoms with Crippen molar-refractivity contribution in [2.75, 3.05) is 13.2 Å². The van der Waals surface area contributed by atoms with Crippen LogP contribution in [0.4, 0.5) is 0 Å². The van der Waals surface area contributed by atoms with E-state index in [0.29, 0.717) is 13.2 Å². The highest BCUT2D eigenvalue weighted by atomic mass is 31.2. The van der Waals surface area contributed by atoms with E-state index in [0.717, 1.165) is 25.7 Å². The van der Waals surface area contributed by atoms with E-state index in [-0.39, 0.29) is 0 Å². The summed E-state index contributed by atoms with van der Waals surface area (Å²) in [6, 6.07) is 0. The normalized spacial score (nSPS) is 12.0. The van der Waals surface area contributed by atoms with Gasteiger partial charge in [-0.15, -0.1) is 0 Å². The van der Waals surface area contributed by atoms with Crippen molar-refractivity contribution in [2.24, 2.45) is 0 Å². The summed E-state index contributed by atoms with van der Waals surface area (Å²) in [4.78, 5) is 9.57. The van der Waals surface area contributed by atoms with Gasteiger partial charge in [0.1, 0.15) is 0 Å². The van der Waals surface area contributed by atoms with E-state index in [4.69, 9.17) is 9.05 Å². The fourth-order valence-electron chi connectivity index (χ4n) is 2.52. The molecule has 0 aliphatic heterocycles. The van der Waals surface area contributed by atoms with Crippen molar-refractivity contribution in [1.29, 1.82) is 0 Å². The molecular formula is C18H39O4P. The average Bonchev–Trinajstić information content (AvgIpc) is 2.52. The summed E-state index contributed by atoms with van der Waals surface area (Å²) in [7, 11) is -3.82. The highest BCUT2D eigenvalue weighted by molar-refractivity contribution is 7.47. The van der Waals surface area contributed by atoms with Crippen LogP contribution < -0.4 is 0 Å². The Morgan fingerprint density at radius 3 is 1.26 bits per heavy atom. The second-order valence-corrected chi connectivity index (χ2v) is 7.83. The van der Waals surface area contributed by atoms with E-state index in [2.05, 4.69) is 13.8 Å².